The van der Waals surface area contributed by atoms with Gasteiger partial charge in [-0.25, -0.2) is 4.39 Å². The van der Waals surface area contributed by atoms with Crippen molar-refractivity contribution in [1.29, 1.82) is 0 Å². The fourth-order valence-electron chi connectivity index (χ4n) is 3.12. The Morgan fingerprint density at radius 2 is 1.78 bits per heavy atom. The Morgan fingerprint density at radius 3 is 2.39 bits per heavy atom. The van der Waals surface area contributed by atoms with Crippen molar-refractivity contribution in [3.63, 3.8) is 0 Å². The van der Waals surface area contributed by atoms with E-state index in [1.54, 1.807) is 12.1 Å². The predicted octanol–water partition coefficient (Wildman–Crippen LogP) is 1.82. The lowest BCUT2D eigenvalue weighted by Crippen LogP contribution is -2.44. The van der Waals surface area contributed by atoms with Crippen molar-refractivity contribution in [3.8, 4) is 0 Å². The van der Waals surface area contributed by atoms with Gasteiger partial charge in [-0.3, -0.25) is 0 Å². The molecule has 1 fully saturated rings. The smallest absolute Gasteiger partial charge is 0.123 e. The van der Waals surface area contributed by atoms with E-state index in [9.17, 15) is 9.50 Å². The van der Waals surface area contributed by atoms with E-state index in [1.165, 1.54) is 38.1 Å². The standard InChI is InChI=1S/C18H30FN3O/c1-20-10-8-17(9-11-20)22(3)13-12-21(2)14-18(23)15-4-6-16(19)7-5-15/h4-7,17-18,23H,8-14H2,1-3H3. The summed E-state index contributed by atoms with van der Waals surface area (Å²) in [6.07, 6.45) is 1.89. The van der Waals surface area contributed by atoms with Crippen molar-refractivity contribution in [3.05, 3.63) is 35.6 Å². The van der Waals surface area contributed by atoms with E-state index in [0.717, 1.165) is 18.7 Å². The Morgan fingerprint density at radius 1 is 1.17 bits per heavy atom. The van der Waals surface area contributed by atoms with Crippen LogP contribution in [-0.2, 0) is 0 Å². The molecule has 1 aromatic rings. The minimum absolute atomic E-state index is 0.269. The largest absolute Gasteiger partial charge is 0.387 e. The molecule has 1 atom stereocenters. The summed E-state index contributed by atoms with van der Waals surface area (Å²) in [4.78, 5) is 6.96. The molecule has 0 aliphatic carbocycles. The summed E-state index contributed by atoms with van der Waals surface area (Å²) in [6, 6.07) is 6.76. The van der Waals surface area contributed by atoms with E-state index < -0.39 is 6.10 Å². The SMILES string of the molecule is CN1CCC(N(C)CCN(C)CC(O)c2ccc(F)cc2)CC1. The van der Waals surface area contributed by atoms with E-state index in [-0.39, 0.29) is 5.82 Å². The molecule has 1 N–H and O–H groups in total. The molecule has 4 nitrogen and oxygen atoms in total. The fourth-order valence-corrected chi connectivity index (χ4v) is 3.12. The normalized spacial score (nSPS) is 18.7. The highest BCUT2D eigenvalue weighted by Gasteiger charge is 2.20. The zero-order valence-electron chi connectivity index (χ0n) is 14.6. The average Bonchev–Trinajstić information content (AvgIpc) is 2.54. The number of piperidine rings is 1. The van der Waals surface area contributed by atoms with Crippen LogP contribution in [0.5, 0.6) is 0 Å². The van der Waals surface area contributed by atoms with Gasteiger partial charge in [0.15, 0.2) is 0 Å². The maximum atomic E-state index is 12.9. The van der Waals surface area contributed by atoms with E-state index in [0.29, 0.717) is 12.6 Å². The Bertz CT molecular complexity index is 460. The summed E-state index contributed by atoms with van der Waals surface area (Å²) < 4.78 is 12.9. The minimum Gasteiger partial charge on any atom is -0.387 e. The first-order valence-electron chi connectivity index (χ1n) is 8.46. The van der Waals surface area contributed by atoms with Crippen molar-refractivity contribution in [2.45, 2.75) is 25.0 Å². The van der Waals surface area contributed by atoms with Gasteiger partial charge in [0.05, 0.1) is 6.10 Å². The molecule has 130 valence electrons. The highest BCUT2D eigenvalue weighted by atomic mass is 19.1. The lowest BCUT2D eigenvalue weighted by atomic mass is 10.0. The molecule has 0 amide bonds. The van der Waals surface area contributed by atoms with Gasteiger partial charge in [-0.05, 0) is 64.8 Å². The maximum Gasteiger partial charge on any atom is 0.123 e. The van der Waals surface area contributed by atoms with Crippen LogP contribution < -0.4 is 0 Å². The van der Waals surface area contributed by atoms with Crippen LogP contribution in [0.2, 0.25) is 0 Å². The summed E-state index contributed by atoms with van der Waals surface area (Å²) in [5.74, 6) is -0.269. The van der Waals surface area contributed by atoms with Gasteiger partial charge < -0.3 is 19.8 Å². The topological polar surface area (TPSA) is 30.0 Å². The van der Waals surface area contributed by atoms with Crippen LogP contribution in [0.3, 0.4) is 0 Å². The van der Waals surface area contributed by atoms with Gasteiger partial charge >= 0.3 is 0 Å². The van der Waals surface area contributed by atoms with Crippen LogP contribution in [-0.4, -0.2) is 79.7 Å². The third kappa shape index (κ3) is 5.84. The molecular formula is C18H30FN3O. The van der Waals surface area contributed by atoms with E-state index in [2.05, 4.69) is 28.8 Å². The lowest BCUT2D eigenvalue weighted by Gasteiger charge is -2.36. The zero-order chi connectivity index (χ0) is 16.8. The molecule has 0 radical (unpaired) electrons. The maximum absolute atomic E-state index is 12.9. The summed E-state index contributed by atoms with van der Waals surface area (Å²) >= 11 is 0. The number of hydrogen-bond acceptors (Lipinski definition) is 4. The average molecular weight is 323 g/mol. The summed E-state index contributed by atoms with van der Waals surface area (Å²) in [5, 5.41) is 10.2. The minimum atomic E-state index is -0.575. The monoisotopic (exact) mass is 323 g/mol. The highest BCUT2D eigenvalue weighted by Crippen LogP contribution is 2.16. The molecule has 0 aromatic heterocycles. The van der Waals surface area contributed by atoms with Crippen molar-refractivity contribution in [1.82, 2.24) is 14.7 Å². The fraction of sp³-hybridized carbons (Fsp3) is 0.667. The second kappa shape index (κ2) is 8.73. The molecule has 1 aliphatic heterocycles. The Labute approximate surface area is 139 Å². The van der Waals surface area contributed by atoms with Crippen LogP contribution in [0.25, 0.3) is 0 Å². The summed E-state index contributed by atoms with van der Waals surface area (Å²) in [5.41, 5.74) is 0.766. The summed E-state index contributed by atoms with van der Waals surface area (Å²) in [6.45, 7) is 4.83. The van der Waals surface area contributed by atoms with Gasteiger partial charge in [0, 0.05) is 25.7 Å². The van der Waals surface area contributed by atoms with E-state index in [1.807, 2.05) is 7.05 Å². The van der Waals surface area contributed by atoms with Crippen LogP contribution >= 0.6 is 0 Å². The number of nitrogens with zero attached hydrogens (tertiary/aromatic N) is 3. The molecule has 0 saturated carbocycles. The van der Waals surface area contributed by atoms with Gasteiger partial charge in [-0.15, -0.1) is 0 Å². The molecule has 0 bridgehead atoms. The third-order valence-corrected chi connectivity index (χ3v) is 4.89. The summed E-state index contributed by atoms with van der Waals surface area (Å²) in [7, 11) is 6.40. The van der Waals surface area contributed by atoms with Crippen molar-refractivity contribution in [2.24, 2.45) is 0 Å². The Kier molecular flexibility index (Phi) is 6.96. The quantitative estimate of drug-likeness (QED) is 0.829. The molecule has 5 heteroatoms. The van der Waals surface area contributed by atoms with Gasteiger partial charge in [-0.2, -0.15) is 0 Å². The second-order valence-electron chi connectivity index (χ2n) is 6.84. The number of aliphatic hydroxyl groups is 1. The first-order chi connectivity index (χ1) is 11.0. The van der Waals surface area contributed by atoms with Crippen LogP contribution in [0.4, 0.5) is 4.39 Å². The van der Waals surface area contributed by atoms with Gasteiger partial charge in [0.1, 0.15) is 5.82 Å². The second-order valence-corrected chi connectivity index (χ2v) is 6.84. The number of likely N-dealkylation sites (N-methyl/N-ethyl adjacent to an activating group) is 2. The number of likely N-dealkylation sites (tertiary alicyclic amines) is 1. The zero-order valence-corrected chi connectivity index (χ0v) is 14.6. The Hall–Kier alpha value is -1.01. The molecule has 23 heavy (non-hydrogen) atoms. The molecule has 2 rings (SSSR count). The lowest BCUT2D eigenvalue weighted by molar-refractivity contribution is 0.104. The number of benzene rings is 1. The van der Waals surface area contributed by atoms with Gasteiger partial charge in [-0.1, -0.05) is 12.1 Å². The van der Waals surface area contributed by atoms with Gasteiger partial charge in [0.25, 0.3) is 0 Å². The number of hydrogen-bond donors (Lipinski definition) is 1. The van der Waals surface area contributed by atoms with Crippen molar-refractivity contribution < 1.29 is 9.50 Å². The molecule has 1 aliphatic rings. The van der Waals surface area contributed by atoms with Gasteiger partial charge in [0.2, 0.25) is 0 Å². The van der Waals surface area contributed by atoms with Crippen LogP contribution in [0.1, 0.15) is 24.5 Å². The third-order valence-electron chi connectivity index (χ3n) is 4.89. The number of halogens is 1. The molecule has 1 aromatic carbocycles. The highest BCUT2D eigenvalue weighted by molar-refractivity contribution is 5.18. The first-order valence-corrected chi connectivity index (χ1v) is 8.46. The molecule has 1 unspecified atom stereocenters. The predicted molar refractivity (Wildman–Crippen MR) is 92.0 cm³/mol. The van der Waals surface area contributed by atoms with Crippen molar-refractivity contribution in [2.75, 3.05) is 53.9 Å². The number of aliphatic hydroxyl groups excluding tert-OH is 1. The van der Waals surface area contributed by atoms with E-state index >= 15 is 0 Å². The molecule has 1 heterocycles. The van der Waals surface area contributed by atoms with Crippen LogP contribution in [0, 0.1) is 5.82 Å². The Balaban J connectivity index is 1.71. The van der Waals surface area contributed by atoms with E-state index in [4.69, 9.17) is 0 Å². The first kappa shape index (κ1) is 18.3. The molecule has 0 spiro atoms. The van der Waals surface area contributed by atoms with Crippen molar-refractivity contribution >= 4 is 0 Å². The number of rotatable bonds is 7. The van der Waals surface area contributed by atoms with Crippen LogP contribution in [0.15, 0.2) is 24.3 Å². The molecular weight excluding hydrogens is 293 g/mol. The molecule has 1 saturated heterocycles.